The minimum atomic E-state index is -1.22. The van der Waals surface area contributed by atoms with E-state index >= 15 is 0 Å². The van der Waals surface area contributed by atoms with E-state index in [-0.39, 0.29) is 12.3 Å². The first kappa shape index (κ1) is 17.6. The Labute approximate surface area is 148 Å². The summed E-state index contributed by atoms with van der Waals surface area (Å²) in [5, 5.41) is 11.3. The summed E-state index contributed by atoms with van der Waals surface area (Å²) in [5.41, 5.74) is -0.358. The summed E-state index contributed by atoms with van der Waals surface area (Å²) in [4.78, 5) is 11.8. The number of hydrogen-bond donors (Lipinski definition) is 1. The monoisotopic (exact) mass is 340 g/mol. The summed E-state index contributed by atoms with van der Waals surface area (Å²) in [6, 6.07) is 9.61. The van der Waals surface area contributed by atoms with Crippen LogP contribution in [0.1, 0.15) is 51.5 Å². The van der Waals surface area contributed by atoms with E-state index in [0.717, 1.165) is 31.2 Å². The maximum atomic E-state index is 11.8. The van der Waals surface area contributed by atoms with Crippen molar-refractivity contribution < 1.29 is 19.4 Å². The molecule has 1 saturated carbocycles. The lowest BCUT2D eigenvalue weighted by Crippen LogP contribution is -2.40. The predicted octanol–water partition coefficient (Wildman–Crippen LogP) is 3.54. The molecule has 1 N–H and O–H groups in total. The molecule has 1 fully saturated rings. The van der Waals surface area contributed by atoms with Crippen LogP contribution in [0.15, 0.2) is 42.2 Å². The Morgan fingerprint density at radius 2 is 1.88 bits per heavy atom. The van der Waals surface area contributed by atoms with Crippen LogP contribution in [0.2, 0.25) is 0 Å². The molecule has 4 heteroatoms. The van der Waals surface area contributed by atoms with E-state index in [1.807, 2.05) is 30.3 Å². The van der Waals surface area contributed by atoms with E-state index in [1.54, 1.807) is 13.8 Å². The fourth-order valence-corrected chi connectivity index (χ4v) is 3.52. The van der Waals surface area contributed by atoms with Gasteiger partial charge < -0.3 is 14.6 Å². The van der Waals surface area contributed by atoms with Gasteiger partial charge in [-0.15, -0.1) is 0 Å². The second kappa shape index (κ2) is 6.93. The predicted molar refractivity (Wildman–Crippen MR) is 94.2 cm³/mol. The van der Waals surface area contributed by atoms with E-state index in [0.29, 0.717) is 5.76 Å². The van der Waals surface area contributed by atoms with E-state index in [2.05, 4.69) is 11.8 Å². The van der Waals surface area contributed by atoms with Crippen LogP contribution in [-0.2, 0) is 14.3 Å². The molecule has 1 aliphatic carbocycles. The minimum absolute atomic E-state index is 0.0780. The smallest absolute Gasteiger partial charge is 0.337 e. The van der Waals surface area contributed by atoms with Crippen molar-refractivity contribution in [3.8, 4) is 11.8 Å². The van der Waals surface area contributed by atoms with Gasteiger partial charge in [0.2, 0.25) is 5.79 Å². The molecule has 1 heterocycles. The van der Waals surface area contributed by atoms with E-state index in [1.165, 1.54) is 6.08 Å². The van der Waals surface area contributed by atoms with Gasteiger partial charge in [-0.1, -0.05) is 42.9 Å². The third kappa shape index (κ3) is 4.43. The Bertz CT molecular complexity index is 717. The number of aliphatic hydroxyl groups is 1. The van der Waals surface area contributed by atoms with Crippen molar-refractivity contribution in [1.29, 1.82) is 0 Å². The van der Waals surface area contributed by atoms with Crippen molar-refractivity contribution in [2.24, 2.45) is 5.92 Å². The number of carbonyl (C=O) groups is 1. The average Bonchev–Trinajstić information content (AvgIpc) is 3.07. The lowest BCUT2D eigenvalue weighted by atomic mass is 9.82. The van der Waals surface area contributed by atoms with Gasteiger partial charge in [0.1, 0.15) is 11.4 Å². The Morgan fingerprint density at radius 1 is 1.20 bits per heavy atom. The minimum Gasteiger partial charge on any atom is -0.457 e. The summed E-state index contributed by atoms with van der Waals surface area (Å²) < 4.78 is 10.9. The highest BCUT2D eigenvalue weighted by molar-refractivity contribution is 5.83. The van der Waals surface area contributed by atoms with E-state index in [4.69, 9.17) is 9.47 Å². The van der Waals surface area contributed by atoms with Crippen LogP contribution in [0, 0.1) is 17.8 Å². The van der Waals surface area contributed by atoms with Gasteiger partial charge >= 0.3 is 5.97 Å². The van der Waals surface area contributed by atoms with Gasteiger partial charge in [-0.2, -0.15) is 0 Å². The molecular formula is C21H24O4. The van der Waals surface area contributed by atoms with Gasteiger partial charge in [0, 0.05) is 25.8 Å². The molecule has 1 aromatic rings. The van der Waals surface area contributed by atoms with Gasteiger partial charge in [-0.25, -0.2) is 4.79 Å². The Balaban J connectivity index is 1.87. The molecule has 3 rings (SSSR count). The number of benzene rings is 1. The molecule has 0 bridgehead atoms. The van der Waals surface area contributed by atoms with Crippen LogP contribution in [0.4, 0.5) is 0 Å². The van der Waals surface area contributed by atoms with Gasteiger partial charge in [-0.3, -0.25) is 0 Å². The summed E-state index contributed by atoms with van der Waals surface area (Å²) >= 11 is 0. The maximum absolute atomic E-state index is 11.8. The largest absolute Gasteiger partial charge is 0.457 e. The fourth-order valence-electron chi connectivity index (χ4n) is 3.52. The van der Waals surface area contributed by atoms with Crippen LogP contribution in [0.3, 0.4) is 0 Å². The molecule has 0 radical (unpaired) electrons. The second-order valence-corrected chi connectivity index (χ2v) is 7.23. The first-order chi connectivity index (χ1) is 11.9. The summed E-state index contributed by atoms with van der Waals surface area (Å²) in [7, 11) is 0. The van der Waals surface area contributed by atoms with Gasteiger partial charge in [0.05, 0.1) is 6.08 Å². The van der Waals surface area contributed by atoms with Crippen molar-refractivity contribution in [3.05, 3.63) is 47.7 Å². The average molecular weight is 340 g/mol. The zero-order chi connectivity index (χ0) is 17.9. The molecule has 0 amide bonds. The maximum Gasteiger partial charge on any atom is 0.337 e. The lowest BCUT2D eigenvalue weighted by Gasteiger charge is -2.35. The summed E-state index contributed by atoms with van der Waals surface area (Å²) in [6.07, 6.45) is 5.55. The highest BCUT2D eigenvalue weighted by Gasteiger charge is 2.41. The topological polar surface area (TPSA) is 55.8 Å². The molecule has 0 spiro atoms. The van der Waals surface area contributed by atoms with Crippen molar-refractivity contribution in [3.63, 3.8) is 0 Å². The molecular weight excluding hydrogens is 316 g/mol. The lowest BCUT2D eigenvalue weighted by molar-refractivity contribution is -0.207. The van der Waals surface area contributed by atoms with Gasteiger partial charge in [0.25, 0.3) is 0 Å². The van der Waals surface area contributed by atoms with Crippen LogP contribution >= 0.6 is 0 Å². The number of hydrogen-bond acceptors (Lipinski definition) is 4. The molecule has 132 valence electrons. The van der Waals surface area contributed by atoms with Crippen molar-refractivity contribution in [1.82, 2.24) is 0 Å². The Kier molecular flexibility index (Phi) is 4.87. The summed E-state index contributed by atoms with van der Waals surface area (Å²) in [6.45, 7) is 3.37. The molecule has 25 heavy (non-hydrogen) atoms. The third-order valence-electron chi connectivity index (χ3n) is 4.67. The van der Waals surface area contributed by atoms with Crippen LogP contribution in [-0.4, -0.2) is 22.5 Å². The van der Waals surface area contributed by atoms with E-state index in [9.17, 15) is 9.90 Å². The Hall–Kier alpha value is -2.25. The highest BCUT2D eigenvalue weighted by Crippen LogP contribution is 2.39. The molecule has 4 nitrogen and oxygen atoms in total. The number of rotatable bonds is 3. The zero-order valence-electron chi connectivity index (χ0n) is 14.7. The highest BCUT2D eigenvalue weighted by atomic mass is 16.7. The van der Waals surface area contributed by atoms with E-state index < -0.39 is 17.4 Å². The first-order valence-electron chi connectivity index (χ1n) is 8.79. The fraction of sp³-hybridized carbons (Fsp3) is 0.476. The van der Waals surface area contributed by atoms with Crippen molar-refractivity contribution in [2.75, 3.05) is 0 Å². The molecule has 2 aliphatic rings. The van der Waals surface area contributed by atoms with Crippen LogP contribution in [0.25, 0.3) is 0 Å². The molecule has 0 aromatic heterocycles. The number of carbonyl (C=O) groups excluding carboxylic acids is 1. The van der Waals surface area contributed by atoms with Gasteiger partial charge in [0.15, 0.2) is 0 Å². The molecule has 1 aliphatic heterocycles. The molecule has 1 atom stereocenters. The first-order valence-corrected chi connectivity index (χ1v) is 8.79. The van der Waals surface area contributed by atoms with Crippen molar-refractivity contribution in [2.45, 2.75) is 57.3 Å². The van der Waals surface area contributed by atoms with Crippen molar-refractivity contribution >= 4 is 5.97 Å². The number of ether oxygens (including phenoxy) is 2. The third-order valence-corrected chi connectivity index (χ3v) is 4.67. The number of cyclic esters (lactones) is 1. The van der Waals surface area contributed by atoms with Gasteiger partial charge in [-0.05, 0) is 30.9 Å². The quantitative estimate of drug-likeness (QED) is 0.675. The standard InChI is InChI=1S/C21H24O4/c1-20(2)24-18(14-19(22)25-20)15-21(23,17-10-6-7-11-17)13-12-16-8-4-3-5-9-16/h3-5,8-9,14,17,23H,6-7,10-11,15H2,1-2H3. The normalized spacial score (nSPS) is 22.0. The number of esters is 1. The Morgan fingerprint density at radius 3 is 2.52 bits per heavy atom. The van der Waals surface area contributed by atoms with Crippen LogP contribution in [0.5, 0.6) is 0 Å². The molecule has 1 unspecified atom stereocenters. The zero-order valence-corrected chi connectivity index (χ0v) is 14.7. The van der Waals surface area contributed by atoms with Crippen LogP contribution < -0.4 is 0 Å². The molecule has 1 aromatic carbocycles. The second-order valence-electron chi connectivity index (χ2n) is 7.23. The SMILES string of the molecule is CC1(C)OC(=O)C=C(CC(O)(C#Cc2ccccc2)C2CCCC2)O1. The molecule has 0 saturated heterocycles. The summed E-state index contributed by atoms with van der Waals surface area (Å²) in [5.74, 6) is 5.20.